The number of nitro benzene ring substituents is 1. The van der Waals surface area contributed by atoms with Crippen molar-refractivity contribution in [3.05, 3.63) is 58.8 Å². The van der Waals surface area contributed by atoms with Crippen molar-refractivity contribution >= 4 is 17.1 Å². The van der Waals surface area contributed by atoms with Gasteiger partial charge in [-0.15, -0.1) is 0 Å². The molecule has 0 atom stereocenters. The monoisotopic (exact) mass is 259 g/mol. The van der Waals surface area contributed by atoms with Crippen molar-refractivity contribution in [2.24, 2.45) is 5.10 Å². The van der Waals surface area contributed by atoms with Gasteiger partial charge < -0.3 is 0 Å². The van der Waals surface area contributed by atoms with E-state index in [4.69, 9.17) is 0 Å². The lowest BCUT2D eigenvalue weighted by Gasteiger charge is -2.14. The van der Waals surface area contributed by atoms with Gasteiger partial charge in [-0.2, -0.15) is 5.10 Å². The van der Waals surface area contributed by atoms with E-state index in [0.717, 1.165) is 11.4 Å². The van der Waals surface area contributed by atoms with Gasteiger partial charge in [0.25, 0.3) is 5.69 Å². The number of nitrogens with zero attached hydrogens (tertiary/aromatic N) is 3. The summed E-state index contributed by atoms with van der Waals surface area (Å²) < 4.78 is 0. The molecule has 0 unspecified atom stereocenters. The lowest BCUT2D eigenvalue weighted by atomic mass is 10.3. The van der Waals surface area contributed by atoms with E-state index in [-0.39, 0.29) is 5.69 Å². The van der Waals surface area contributed by atoms with Crippen LogP contribution in [0.15, 0.2) is 53.8 Å². The summed E-state index contributed by atoms with van der Waals surface area (Å²) in [4.78, 5) is 10.2. The molecule has 5 nitrogen and oxygen atoms in total. The predicted molar refractivity (Wildman–Crippen MR) is 78.3 cm³/mol. The number of hydrogen-bond donors (Lipinski definition) is 0. The van der Waals surface area contributed by atoms with Gasteiger partial charge in [-0.05, 0) is 39.0 Å². The van der Waals surface area contributed by atoms with Gasteiger partial charge in [0, 0.05) is 18.3 Å². The second-order valence-electron chi connectivity index (χ2n) is 3.84. The number of allylic oxidation sites excluding steroid dienone is 3. The normalized spacial score (nSPS) is 12.3. The van der Waals surface area contributed by atoms with Crippen LogP contribution in [0, 0.1) is 10.1 Å². The van der Waals surface area contributed by atoms with Gasteiger partial charge in [0.2, 0.25) is 0 Å². The molecule has 0 heterocycles. The van der Waals surface area contributed by atoms with E-state index in [0.29, 0.717) is 0 Å². The van der Waals surface area contributed by atoms with Crippen molar-refractivity contribution < 1.29 is 4.92 Å². The first-order chi connectivity index (χ1) is 9.08. The molecule has 0 amide bonds. The Labute approximate surface area is 112 Å². The molecule has 19 heavy (non-hydrogen) atoms. The Bertz CT molecular complexity index is 516. The highest BCUT2D eigenvalue weighted by molar-refractivity contribution is 5.93. The number of benzene rings is 1. The van der Waals surface area contributed by atoms with Gasteiger partial charge in [-0.1, -0.05) is 12.2 Å². The minimum absolute atomic E-state index is 0.0679. The molecule has 5 heteroatoms. The Morgan fingerprint density at radius 1 is 1.26 bits per heavy atom. The number of rotatable bonds is 5. The summed E-state index contributed by atoms with van der Waals surface area (Å²) in [6.45, 7) is 5.70. The number of non-ortho nitro benzene ring substituents is 1. The van der Waals surface area contributed by atoms with Gasteiger partial charge >= 0.3 is 0 Å². The molecule has 0 spiro atoms. The number of hydrogen-bond acceptors (Lipinski definition) is 4. The van der Waals surface area contributed by atoms with Crippen molar-refractivity contribution in [1.29, 1.82) is 0 Å². The van der Waals surface area contributed by atoms with Gasteiger partial charge in [0.1, 0.15) is 0 Å². The molecule has 1 aromatic carbocycles. The van der Waals surface area contributed by atoms with Crippen LogP contribution in [-0.4, -0.2) is 10.6 Å². The van der Waals surface area contributed by atoms with Crippen molar-refractivity contribution in [2.45, 2.75) is 20.8 Å². The first-order valence-corrected chi connectivity index (χ1v) is 5.93. The number of anilines is 1. The fourth-order valence-electron chi connectivity index (χ4n) is 1.49. The van der Waals surface area contributed by atoms with Gasteiger partial charge in [0.05, 0.1) is 16.3 Å². The highest BCUT2D eigenvalue weighted by Crippen LogP contribution is 2.20. The number of nitro groups is 1. The van der Waals surface area contributed by atoms with Crippen LogP contribution in [0.1, 0.15) is 20.8 Å². The second kappa shape index (κ2) is 7.10. The quantitative estimate of drug-likeness (QED) is 0.458. The molecule has 0 saturated carbocycles. The molecule has 0 aliphatic heterocycles. The van der Waals surface area contributed by atoms with Crippen LogP contribution in [0.3, 0.4) is 0 Å². The van der Waals surface area contributed by atoms with Crippen LogP contribution in [0.4, 0.5) is 11.4 Å². The van der Waals surface area contributed by atoms with Crippen LogP contribution in [-0.2, 0) is 0 Å². The molecule has 0 aliphatic carbocycles. The van der Waals surface area contributed by atoms with Crippen molar-refractivity contribution in [3.8, 4) is 0 Å². The smallest absolute Gasteiger partial charge is 0.258 e. The van der Waals surface area contributed by atoms with Crippen molar-refractivity contribution in [2.75, 3.05) is 5.01 Å². The minimum atomic E-state index is -0.419. The van der Waals surface area contributed by atoms with E-state index in [1.807, 2.05) is 39.0 Å². The molecule has 100 valence electrons. The molecule has 0 saturated heterocycles. The second-order valence-corrected chi connectivity index (χ2v) is 3.84. The van der Waals surface area contributed by atoms with Crippen LogP contribution < -0.4 is 5.01 Å². The van der Waals surface area contributed by atoms with Crippen molar-refractivity contribution in [1.82, 2.24) is 0 Å². The van der Waals surface area contributed by atoms with E-state index in [1.54, 1.807) is 23.3 Å². The summed E-state index contributed by atoms with van der Waals surface area (Å²) in [6, 6.07) is 6.27. The van der Waals surface area contributed by atoms with Crippen molar-refractivity contribution in [3.63, 3.8) is 0 Å². The number of hydrazone groups is 1. The summed E-state index contributed by atoms with van der Waals surface area (Å²) >= 11 is 0. The maximum Gasteiger partial charge on any atom is 0.269 e. The molecule has 0 aromatic heterocycles. The Balaban J connectivity index is 3.06. The highest BCUT2D eigenvalue weighted by Gasteiger charge is 2.07. The van der Waals surface area contributed by atoms with E-state index in [1.165, 1.54) is 12.1 Å². The van der Waals surface area contributed by atoms with E-state index < -0.39 is 4.92 Å². The molecule has 0 bridgehead atoms. The average Bonchev–Trinajstić information content (AvgIpc) is 2.38. The Kier molecular flexibility index (Phi) is 5.47. The van der Waals surface area contributed by atoms with Crippen LogP contribution in [0.25, 0.3) is 0 Å². The Hall–Kier alpha value is -2.43. The standard InChI is InChI=1S/C14H17N3O2/c1-4-6-12(3)15-16(11-5-2)13-7-9-14(10-8-13)17(18)19/h4-11H,1-3H3/b6-4+,11-5-,15-12+. The maximum atomic E-state index is 10.6. The van der Waals surface area contributed by atoms with E-state index >= 15 is 0 Å². The molecular weight excluding hydrogens is 242 g/mol. The lowest BCUT2D eigenvalue weighted by Crippen LogP contribution is -2.09. The van der Waals surface area contributed by atoms with E-state index in [9.17, 15) is 10.1 Å². The Morgan fingerprint density at radius 2 is 1.89 bits per heavy atom. The first kappa shape index (κ1) is 14.6. The first-order valence-electron chi connectivity index (χ1n) is 5.93. The van der Waals surface area contributed by atoms with Crippen LogP contribution >= 0.6 is 0 Å². The highest BCUT2D eigenvalue weighted by atomic mass is 16.6. The third-order valence-electron chi connectivity index (χ3n) is 2.29. The summed E-state index contributed by atoms with van der Waals surface area (Å²) in [7, 11) is 0. The van der Waals surface area contributed by atoms with Crippen LogP contribution in [0.5, 0.6) is 0 Å². The van der Waals surface area contributed by atoms with Crippen LogP contribution in [0.2, 0.25) is 0 Å². The molecular formula is C14H17N3O2. The summed E-state index contributed by atoms with van der Waals surface area (Å²) in [5.41, 5.74) is 1.69. The third-order valence-corrected chi connectivity index (χ3v) is 2.29. The lowest BCUT2D eigenvalue weighted by molar-refractivity contribution is -0.384. The molecule has 1 rings (SSSR count). The van der Waals surface area contributed by atoms with E-state index in [2.05, 4.69) is 5.10 Å². The molecule has 0 aliphatic rings. The predicted octanol–water partition coefficient (Wildman–Crippen LogP) is 3.89. The largest absolute Gasteiger partial charge is 0.269 e. The minimum Gasteiger partial charge on any atom is -0.258 e. The maximum absolute atomic E-state index is 10.6. The zero-order valence-corrected chi connectivity index (χ0v) is 11.3. The average molecular weight is 259 g/mol. The fraction of sp³-hybridized carbons (Fsp3) is 0.214. The molecule has 0 radical (unpaired) electrons. The zero-order chi connectivity index (χ0) is 14.3. The summed E-state index contributed by atoms with van der Waals surface area (Å²) in [6.07, 6.45) is 7.45. The summed E-state index contributed by atoms with van der Waals surface area (Å²) in [5.74, 6) is 0. The van der Waals surface area contributed by atoms with Gasteiger partial charge in [0.15, 0.2) is 0 Å². The SMILES string of the molecule is C/C=C\N(/N=C(C)/C=C/C)c1ccc([N+](=O)[O-])cc1. The van der Waals surface area contributed by atoms with Gasteiger partial charge in [-0.3, -0.25) is 10.1 Å². The summed E-state index contributed by atoms with van der Waals surface area (Å²) in [5, 5.41) is 16.7. The van der Waals surface area contributed by atoms with Gasteiger partial charge in [-0.25, -0.2) is 5.01 Å². The molecule has 0 N–H and O–H groups in total. The third kappa shape index (κ3) is 4.39. The fourth-order valence-corrected chi connectivity index (χ4v) is 1.49. The zero-order valence-electron chi connectivity index (χ0n) is 11.3. The molecule has 0 fully saturated rings. The molecule has 1 aromatic rings. The Morgan fingerprint density at radius 3 is 2.37 bits per heavy atom. The topological polar surface area (TPSA) is 58.7 Å².